The van der Waals surface area contributed by atoms with Crippen LogP contribution in [0.1, 0.15) is 36.5 Å². The molecule has 2 aromatic carbocycles. The standard InChI is InChI=1S/C24H34N4O/c1-18-12-21(15-23(13-18)29-4)16-26-24(25-3)27-22-10-11-28(19(2)14-22)17-20-8-6-5-7-9-20/h5-9,12-13,15,19,22H,10-11,14,16-17H2,1-4H3,(H2,25,26,27). The van der Waals surface area contributed by atoms with Crippen LogP contribution in [0.2, 0.25) is 0 Å². The minimum atomic E-state index is 0.440. The largest absolute Gasteiger partial charge is 0.497 e. The summed E-state index contributed by atoms with van der Waals surface area (Å²) in [6, 6.07) is 18.0. The molecule has 1 heterocycles. The lowest BCUT2D eigenvalue weighted by atomic mass is 9.97. The van der Waals surface area contributed by atoms with Crippen LogP contribution in [0.25, 0.3) is 0 Å². The minimum Gasteiger partial charge on any atom is -0.497 e. The van der Waals surface area contributed by atoms with Crippen molar-refractivity contribution in [1.29, 1.82) is 0 Å². The lowest BCUT2D eigenvalue weighted by Crippen LogP contribution is -2.51. The van der Waals surface area contributed by atoms with Crippen LogP contribution >= 0.6 is 0 Å². The quantitative estimate of drug-likeness (QED) is 0.579. The minimum absolute atomic E-state index is 0.440. The van der Waals surface area contributed by atoms with Gasteiger partial charge in [-0.15, -0.1) is 0 Å². The molecule has 0 aromatic heterocycles. The number of likely N-dealkylation sites (tertiary alicyclic amines) is 1. The van der Waals surface area contributed by atoms with Gasteiger partial charge in [-0.1, -0.05) is 36.4 Å². The van der Waals surface area contributed by atoms with E-state index in [-0.39, 0.29) is 0 Å². The number of aryl methyl sites for hydroxylation is 1. The second kappa shape index (κ2) is 10.3. The van der Waals surface area contributed by atoms with Crippen molar-refractivity contribution in [3.8, 4) is 5.75 Å². The molecule has 0 bridgehead atoms. The van der Waals surface area contributed by atoms with Crippen LogP contribution in [0, 0.1) is 6.92 Å². The van der Waals surface area contributed by atoms with Crippen LogP contribution in [0.3, 0.4) is 0 Å². The average molecular weight is 395 g/mol. The zero-order valence-corrected chi connectivity index (χ0v) is 18.1. The van der Waals surface area contributed by atoms with Gasteiger partial charge in [0.2, 0.25) is 0 Å². The molecule has 5 heteroatoms. The molecular formula is C24H34N4O. The van der Waals surface area contributed by atoms with Crippen molar-refractivity contribution in [2.24, 2.45) is 4.99 Å². The van der Waals surface area contributed by atoms with Crippen LogP contribution in [0.4, 0.5) is 0 Å². The third-order valence-electron chi connectivity index (χ3n) is 5.61. The van der Waals surface area contributed by atoms with Crippen molar-refractivity contribution >= 4 is 5.96 Å². The first-order valence-electron chi connectivity index (χ1n) is 10.5. The van der Waals surface area contributed by atoms with Gasteiger partial charge in [-0.25, -0.2) is 0 Å². The van der Waals surface area contributed by atoms with Crippen molar-refractivity contribution in [3.63, 3.8) is 0 Å². The molecule has 1 saturated heterocycles. The number of methoxy groups -OCH3 is 1. The van der Waals surface area contributed by atoms with E-state index in [2.05, 4.69) is 76.8 Å². The highest BCUT2D eigenvalue weighted by Gasteiger charge is 2.25. The summed E-state index contributed by atoms with van der Waals surface area (Å²) in [5, 5.41) is 7.06. The summed E-state index contributed by atoms with van der Waals surface area (Å²) in [5.41, 5.74) is 3.77. The third-order valence-corrected chi connectivity index (χ3v) is 5.61. The summed E-state index contributed by atoms with van der Waals surface area (Å²) in [4.78, 5) is 7.00. The third kappa shape index (κ3) is 6.23. The molecule has 29 heavy (non-hydrogen) atoms. The first-order valence-corrected chi connectivity index (χ1v) is 10.5. The van der Waals surface area contributed by atoms with E-state index in [1.54, 1.807) is 7.11 Å². The Morgan fingerprint density at radius 1 is 1.17 bits per heavy atom. The van der Waals surface area contributed by atoms with Crippen LogP contribution in [-0.2, 0) is 13.1 Å². The Bertz CT molecular complexity index is 806. The maximum absolute atomic E-state index is 5.38. The predicted octanol–water partition coefficient (Wildman–Crippen LogP) is 3.72. The van der Waals surface area contributed by atoms with Gasteiger partial charge in [-0.05, 0) is 55.5 Å². The molecule has 5 nitrogen and oxygen atoms in total. The Hall–Kier alpha value is -2.53. The number of benzene rings is 2. The lowest BCUT2D eigenvalue weighted by molar-refractivity contribution is 0.134. The molecule has 0 saturated carbocycles. The van der Waals surface area contributed by atoms with E-state index >= 15 is 0 Å². The summed E-state index contributed by atoms with van der Waals surface area (Å²) in [6.07, 6.45) is 2.24. The van der Waals surface area contributed by atoms with Gasteiger partial charge in [0.1, 0.15) is 5.75 Å². The van der Waals surface area contributed by atoms with Crippen molar-refractivity contribution in [1.82, 2.24) is 15.5 Å². The van der Waals surface area contributed by atoms with E-state index in [4.69, 9.17) is 4.74 Å². The summed E-state index contributed by atoms with van der Waals surface area (Å²) < 4.78 is 5.38. The molecule has 0 spiro atoms. The SMILES string of the molecule is CN=C(NCc1cc(C)cc(OC)c1)NC1CCN(Cc2ccccc2)C(C)C1. The van der Waals surface area contributed by atoms with Crippen molar-refractivity contribution < 1.29 is 4.74 Å². The number of rotatable bonds is 6. The molecule has 1 aliphatic heterocycles. The van der Waals surface area contributed by atoms with E-state index in [9.17, 15) is 0 Å². The van der Waals surface area contributed by atoms with Crippen LogP contribution < -0.4 is 15.4 Å². The fraction of sp³-hybridized carbons (Fsp3) is 0.458. The molecule has 0 radical (unpaired) electrons. The summed E-state index contributed by atoms with van der Waals surface area (Å²) in [7, 11) is 3.54. The first-order chi connectivity index (χ1) is 14.1. The van der Waals surface area contributed by atoms with Gasteiger partial charge in [-0.2, -0.15) is 0 Å². The molecule has 2 N–H and O–H groups in total. The summed E-state index contributed by atoms with van der Waals surface area (Å²) >= 11 is 0. The second-order valence-corrected chi connectivity index (χ2v) is 7.95. The highest BCUT2D eigenvalue weighted by Crippen LogP contribution is 2.20. The molecule has 2 unspecified atom stereocenters. The zero-order chi connectivity index (χ0) is 20.6. The molecule has 0 amide bonds. The highest BCUT2D eigenvalue weighted by atomic mass is 16.5. The molecule has 156 valence electrons. The number of aliphatic imine (C=N–C) groups is 1. The predicted molar refractivity (Wildman–Crippen MR) is 120 cm³/mol. The fourth-order valence-electron chi connectivity index (χ4n) is 4.02. The number of nitrogens with one attached hydrogen (secondary N) is 2. The van der Waals surface area contributed by atoms with Gasteiger partial charge in [0.15, 0.2) is 5.96 Å². The molecule has 0 aliphatic carbocycles. The second-order valence-electron chi connectivity index (χ2n) is 7.95. The smallest absolute Gasteiger partial charge is 0.191 e. The Balaban J connectivity index is 1.49. The van der Waals surface area contributed by atoms with Crippen molar-refractivity contribution in [3.05, 3.63) is 65.2 Å². The maximum atomic E-state index is 5.38. The average Bonchev–Trinajstić information content (AvgIpc) is 2.73. The molecule has 2 atom stereocenters. The molecule has 3 rings (SSSR count). The van der Waals surface area contributed by atoms with Crippen LogP contribution in [0.5, 0.6) is 5.75 Å². The van der Waals surface area contributed by atoms with E-state index in [1.807, 2.05) is 13.1 Å². The van der Waals surface area contributed by atoms with Gasteiger partial charge >= 0.3 is 0 Å². The van der Waals surface area contributed by atoms with E-state index in [1.165, 1.54) is 16.7 Å². The summed E-state index contributed by atoms with van der Waals surface area (Å²) in [6.45, 7) is 7.26. The number of nitrogens with zero attached hydrogens (tertiary/aromatic N) is 2. The van der Waals surface area contributed by atoms with Crippen molar-refractivity contribution in [2.45, 2.75) is 51.9 Å². The van der Waals surface area contributed by atoms with E-state index in [0.29, 0.717) is 12.1 Å². The van der Waals surface area contributed by atoms with Gasteiger partial charge in [-0.3, -0.25) is 9.89 Å². The van der Waals surface area contributed by atoms with Crippen LogP contribution in [-0.4, -0.2) is 43.6 Å². The maximum Gasteiger partial charge on any atom is 0.191 e. The van der Waals surface area contributed by atoms with Crippen molar-refractivity contribution in [2.75, 3.05) is 20.7 Å². The number of guanidine groups is 1. The Labute approximate surface area is 175 Å². The van der Waals surface area contributed by atoms with Gasteiger partial charge in [0.05, 0.1) is 7.11 Å². The monoisotopic (exact) mass is 394 g/mol. The van der Waals surface area contributed by atoms with Gasteiger partial charge in [0.25, 0.3) is 0 Å². The Kier molecular flexibility index (Phi) is 7.53. The number of hydrogen-bond acceptors (Lipinski definition) is 3. The van der Waals surface area contributed by atoms with Gasteiger partial charge in [0, 0.05) is 38.8 Å². The number of ether oxygens (including phenoxy) is 1. The molecule has 2 aromatic rings. The molecule has 1 aliphatic rings. The topological polar surface area (TPSA) is 48.9 Å². The number of hydrogen-bond donors (Lipinski definition) is 2. The van der Waals surface area contributed by atoms with Gasteiger partial charge < -0.3 is 15.4 Å². The normalized spacial score (nSPS) is 20.3. The zero-order valence-electron chi connectivity index (χ0n) is 18.1. The number of piperidine rings is 1. The van der Waals surface area contributed by atoms with E-state index in [0.717, 1.165) is 44.2 Å². The molecule has 1 fully saturated rings. The summed E-state index contributed by atoms with van der Waals surface area (Å²) in [5.74, 6) is 1.75. The lowest BCUT2D eigenvalue weighted by Gasteiger charge is -2.38. The fourth-order valence-corrected chi connectivity index (χ4v) is 4.02. The van der Waals surface area contributed by atoms with Crippen LogP contribution in [0.15, 0.2) is 53.5 Å². The first kappa shape index (κ1) is 21.2. The highest BCUT2D eigenvalue weighted by molar-refractivity contribution is 5.80. The van der Waals surface area contributed by atoms with E-state index < -0.39 is 0 Å². The Morgan fingerprint density at radius 2 is 1.97 bits per heavy atom. The Morgan fingerprint density at radius 3 is 2.66 bits per heavy atom. The molecular weight excluding hydrogens is 360 g/mol.